The average Bonchev–Trinajstić information content (AvgIpc) is 2.73. The molecule has 1 atom stereocenters. The molecule has 0 spiro atoms. The maximum atomic E-state index is 14.4. The zero-order valence-electron chi connectivity index (χ0n) is 13.4. The van der Waals surface area contributed by atoms with Gasteiger partial charge in [0, 0.05) is 0 Å². The van der Waals surface area contributed by atoms with Crippen LogP contribution in [-0.2, 0) is 5.54 Å². The molecule has 0 N–H and O–H groups in total. The zero-order valence-corrected chi connectivity index (χ0v) is 17.1. The van der Waals surface area contributed by atoms with Gasteiger partial charge in [0.15, 0.2) is 0 Å². The second-order valence-electron chi connectivity index (χ2n) is 6.07. The van der Waals surface area contributed by atoms with Crippen LogP contribution in [0.25, 0.3) is 0 Å². The van der Waals surface area contributed by atoms with Gasteiger partial charge in [-0.25, -0.2) is 4.68 Å². The summed E-state index contributed by atoms with van der Waals surface area (Å²) in [6.07, 6.45) is 10.4. The minimum absolute atomic E-state index is 0.199. The predicted octanol–water partition coefficient (Wildman–Crippen LogP) is 6.66. The summed E-state index contributed by atoms with van der Waals surface area (Å²) in [5.41, 5.74) is -0.210. The van der Waals surface area contributed by atoms with Gasteiger partial charge in [0.25, 0.3) is 0 Å². The van der Waals surface area contributed by atoms with Crippen molar-refractivity contribution in [1.29, 1.82) is 0 Å². The molecule has 1 aromatic heterocycles. The highest BCUT2D eigenvalue weighted by atomic mass is 127. The third-order valence-corrected chi connectivity index (χ3v) is 6.39. The third kappa shape index (κ3) is 5.48. The Morgan fingerprint density at radius 1 is 1.10 bits per heavy atom. The van der Waals surface area contributed by atoms with Crippen molar-refractivity contribution in [3.63, 3.8) is 0 Å². The van der Waals surface area contributed by atoms with Gasteiger partial charge in [-0.1, -0.05) is 58.8 Å². The molecule has 0 amide bonds. The summed E-state index contributed by atoms with van der Waals surface area (Å²) in [5.74, 6) is -0.199. The Morgan fingerprint density at radius 3 is 2.19 bits per heavy atom. The van der Waals surface area contributed by atoms with E-state index in [0.29, 0.717) is 8.17 Å². The van der Waals surface area contributed by atoms with Crippen LogP contribution in [0.3, 0.4) is 0 Å². The van der Waals surface area contributed by atoms with Crippen LogP contribution in [0, 0.1) is 9.52 Å². The first kappa shape index (κ1) is 19.4. The highest BCUT2D eigenvalue weighted by molar-refractivity contribution is 14.1. The number of halogens is 3. The van der Waals surface area contributed by atoms with Gasteiger partial charge in [-0.3, -0.25) is 0 Å². The van der Waals surface area contributed by atoms with Crippen LogP contribution < -0.4 is 0 Å². The lowest BCUT2D eigenvalue weighted by Gasteiger charge is -2.30. The Kier molecular flexibility index (Phi) is 8.76. The van der Waals surface area contributed by atoms with Crippen molar-refractivity contribution in [3.8, 4) is 0 Å². The van der Waals surface area contributed by atoms with Gasteiger partial charge < -0.3 is 0 Å². The Balaban J connectivity index is 2.79. The summed E-state index contributed by atoms with van der Waals surface area (Å²) in [6, 6.07) is 0. The van der Waals surface area contributed by atoms with Crippen LogP contribution >= 0.6 is 38.5 Å². The molecule has 0 saturated carbocycles. The number of hydrogen-bond donors (Lipinski definition) is 0. The lowest BCUT2D eigenvalue weighted by Crippen LogP contribution is -2.32. The average molecular weight is 473 g/mol. The van der Waals surface area contributed by atoms with Crippen LogP contribution in [-0.4, -0.2) is 9.78 Å². The van der Waals surface area contributed by atoms with Crippen molar-refractivity contribution in [1.82, 2.24) is 9.78 Å². The van der Waals surface area contributed by atoms with Crippen LogP contribution in [0.5, 0.6) is 0 Å². The number of rotatable bonds is 10. The zero-order chi connectivity index (χ0) is 15.9. The molecule has 0 aliphatic rings. The highest BCUT2D eigenvalue weighted by Gasteiger charge is 2.31. The molecule has 1 heterocycles. The Morgan fingerprint density at radius 2 is 1.67 bits per heavy atom. The summed E-state index contributed by atoms with van der Waals surface area (Å²) >= 11 is 5.37. The van der Waals surface area contributed by atoms with Crippen molar-refractivity contribution < 1.29 is 4.39 Å². The molecule has 2 nitrogen and oxygen atoms in total. The summed E-state index contributed by atoms with van der Waals surface area (Å²) in [6.45, 7) is 6.56. The van der Waals surface area contributed by atoms with E-state index in [0.717, 1.165) is 32.1 Å². The van der Waals surface area contributed by atoms with Gasteiger partial charge in [-0.05, 0) is 58.3 Å². The lowest BCUT2D eigenvalue weighted by atomic mass is 9.88. The van der Waals surface area contributed by atoms with Crippen molar-refractivity contribution in [2.75, 3.05) is 0 Å². The van der Waals surface area contributed by atoms with Crippen LogP contribution in [0.4, 0.5) is 4.39 Å². The lowest BCUT2D eigenvalue weighted by molar-refractivity contribution is 0.199. The van der Waals surface area contributed by atoms with E-state index in [2.05, 4.69) is 41.8 Å². The fourth-order valence-electron chi connectivity index (χ4n) is 2.72. The maximum absolute atomic E-state index is 14.4. The number of unbranched alkanes of at least 4 members (excludes halogenated alkanes) is 5. The van der Waals surface area contributed by atoms with Crippen molar-refractivity contribution in [2.45, 2.75) is 84.1 Å². The van der Waals surface area contributed by atoms with E-state index >= 15 is 0 Å². The van der Waals surface area contributed by atoms with Crippen LogP contribution in [0.2, 0.25) is 0 Å². The molecule has 21 heavy (non-hydrogen) atoms. The second kappa shape index (κ2) is 9.48. The van der Waals surface area contributed by atoms with Gasteiger partial charge in [-0.2, -0.15) is 9.49 Å². The van der Waals surface area contributed by atoms with Gasteiger partial charge in [0.1, 0.15) is 8.17 Å². The van der Waals surface area contributed by atoms with E-state index in [9.17, 15) is 4.39 Å². The summed E-state index contributed by atoms with van der Waals surface area (Å²) < 4.78 is 17.3. The summed E-state index contributed by atoms with van der Waals surface area (Å²) in [7, 11) is 0. The number of hydrogen-bond acceptors (Lipinski definition) is 1. The molecule has 0 radical (unpaired) electrons. The van der Waals surface area contributed by atoms with Gasteiger partial charge in [0.05, 0.1) is 5.54 Å². The fraction of sp³-hybridized carbons (Fsp3) is 0.812. The molecule has 1 rings (SSSR count). The first-order valence-electron chi connectivity index (χ1n) is 8.06. The van der Waals surface area contributed by atoms with Crippen molar-refractivity contribution >= 4 is 38.5 Å². The molecular weight excluding hydrogens is 446 g/mol. The molecule has 0 aromatic carbocycles. The SMILES string of the molecule is CCCCCCCC(C)(CCCC)n1nc(Br)c(I)c1F. The first-order chi connectivity index (χ1) is 9.96. The number of nitrogens with zero attached hydrogens (tertiary/aromatic N) is 2. The first-order valence-corrected chi connectivity index (χ1v) is 9.93. The normalized spacial score (nSPS) is 14.4. The molecule has 1 unspecified atom stereocenters. The van der Waals surface area contributed by atoms with Gasteiger partial charge in [0.2, 0.25) is 5.95 Å². The largest absolute Gasteiger partial charge is 0.232 e. The van der Waals surface area contributed by atoms with Gasteiger partial charge in [-0.15, -0.1) is 0 Å². The minimum Gasteiger partial charge on any atom is -0.232 e. The van der Waals surface area contributed by atoms with Crippen LogP contribution in [0.1, 0.15) is 78.6 Å². The van der Waals surface area contributed by atoms with Crippen LogP contribution in [0.15, 0.2) is 4.60 Å². The van der Waals surface area contributed by atoms with E-state index in [4.69, 9.17) is 0 Å². The van der Waals surface area contributed by atoms with E-state index in [1.165, 1.54) is 25.7 Å². The van der Waals surface area contributed by atoms with Crippen molar-refractivity contribution in [2.24, 2.45) is 0 Å². The molecule has 122 valence electrons. The monoisotopic (exact) mass is 472 g/mol. The third-order valence-electron chi connectivity index (χ3n) is 4.14. The smallest absolute Gasteiger partial charge is 0.226 e. The minimum atomic E-state index is -0.210. The quantitative estimate of drug-likeness (QED) is 0.275. The Labute approximate surface area is 150 Å². The fourth-order valence-corrected chi connectivity index (χ4v) is 3.37. The molecule has 1 aromatic rings. The molecule has 0 aliphatic carbocycles. The topological polar surface area (TPSA) is 17.8 Å². The molecule has 0 saturated heterocycles. The molecular formula is C16H27BrFIN2. The molecule has 5 heteroatoms. The number of aromatic nitrogens is 2. The molecule has 0 aliphatic heterocycles. The van der Waals surface area contributed by atoms with E-state index in [1.807, 2.05) is 22.6 Å². The molecule has 0 fully saturated rings. The maximum Gasteiger partial charge on any atom is 0.226 e. The summed E-state index contributed by atoms with van der Waals surface area (Å²) in [5, 5.41) is 4.40. The van der Waals surface area contributed by atoms with Gasteiger partial charge >= 0.3 is 0 Å². The second-order valence-corrected chi connectivity index (χ2v) is 7.90. The van der Waals surface area contributed by atoms with E-state index in [1.54, 1.807) is 4.68 Å². The molecule has 0 bridgehead atoms. The highest BCUT2D eigenvalue weighted by Crippen LogP contribution is 2.33. The van der Waals surface area contributed by atoms with E-state index < -0.39 is 0 Å². The van der Waals surface area contributed by atoms with E-state index in [-0.39, 0.29) is 11.5 Å². The Hall–Kier alpha value is 0.350. The predicted molar refractivity (Wildman–Crippen MR) is 99.2 cm³/mol. The summed E-state index contributed by atoms with van der Waals surface area (Å²) in [4.78, 5) is 0. The standard InChI is InChI=1S/C16H27BrFIN2/c1-4-6-8-9-10-12-16(3,11-7-5-2)21-15(18)13(19)14(17)20-21/h4-12H2,1-3H3. The van der Waals surface area contributed by atoms with Crippen molar-refractivity contribution in [3.05, 3.63) is 14.1 Å². The Bertz CT molecular complexity index is 436.